The summed E-state index contributed by atoms with van der Waals surface area (Å²) in [6.07, 6.45) is 0.632. The zero-order valence-corrected chi connectivity index (χ0v) is 15.4. The molecule has 0 fully saturated rings. The summed E-state index contributed by atoms with van der Waals surface area (Å²) in [5.74, 6) is -0.371. The molecule has 2 amide bonds. The lowest BCUT2D eigenvalue weighted by atomic mass is 9.95. The predicted octanol–water partition coefficient (Wildman–Crippen LogP) is 2.46. The van der Waals surface area contributed by atoms with E-state index in [2.05, 4.69) is 22.0 Å². The van der Waals surface area contributed by atoms with E-state index >= 15 is 0 Å². The molecule has 26 heavy (non-hydrogen) atoms. The molecule has 2 aromatic rings. The zero-order chi connectivity index (χ0) is 18.7. The minimum absolute atomic E-state index is 0.150. The first-order valence-corrected chi connectivity index (χ1v) is 8.92. The van der Waals surface area contributed by atoms with Crippen LogP contribution in [-0.2, 0) is 22.6 Å². The molecule has 0 aromatic heterocycles. The number of carbonyl (C=O) groups is 2. The molecule has 0 spiro atoms. The summed E-state index contributed by atoms with van der Waals surface area (Å²) >= 11 is 0. The highest BCUT2D eigenvalue weighted by Crippen LogP contribution is 2.17. The molecular weight excluding hydrogens is 326 g/mol. The minimum Gasteiger partial charge on any atom is -0.343 e. The van der Waals surface area contributed by atoms with Crippen LogP contribution in [0.4, 0.5) is 5.69 Å². The van der Waals surface area contributed by atoms with Crippen molar-refractivity contribution in [2.24, 2.45) is 0 Å². The van der Waals surface area contributed by atoms with Gasteiger partial charge in [0.25, 0.3) is 0 Å². The molecule has 5 heteroatoms. The Kier molecular flexibility index (Phi) is 5.38. The minimum atomic E-state index is -0.609. The molecule has 1 aliphatic rings. The molecule has 1 heterocycles. The Balaban J connectivity index is 1.58. The van der Waals surface area contributed by atoms with Gasteiger partial charge >= 0.3 is 0 Å². The maximum absolute atomic E-state index is 12.5. The quantitative estimate of drug-likeness (QED) is 0.792. The van der Waals surface area contributed by atoms with Gasteiger partial charge in [-0.1, -0.05) is 42.0 Å². The van der Waals surface area contributed by atoms with Crippen molar-refractivity contribution in [1.29, 1.82) is 0 Å². The van der Waals surface area contributed by atoms with Gasteiger partial charge in [-0.15, -0.1) is 0 Å². The Bertz CT molecular complexity index is 832. The van der Waals surface area contributed by atoms with Crippen LogP contribution in [0.25, 0.3) is 0 Å². The average Bonchev–Trinajstić information content (AvgIpc) is 2.63. The van der Waals surface area contributed by atoms with Gasteiger partial charge in [-0.25, -0.2) is 0 Å². The number of rotatable bonds is 4. The Hall–Kier alpha value is -2.66. The first-order valence-electron chi connectivity index (χ1n) is 8.92. The summed E-state index contributed by atoms with van der Waals surface area (Å²) in [5.41, 5.74) is 5.32. The number of fused-ring (bicyclic) bond motifs is 1. The van der Waals surface area contributed by atoms with Crippen LogP contribution in [0.1, 0.15) is 29.2 Å². The molecule has 5 nitrogen and oxygen atoms in total. The summed E-state index contributed by atoms with van der Waals surface area (Å²) in [4.78, 5) is 25.0. The van der Waals surface area contributed by atoms with E-state index in [0.29, 0.717) is 13.0 Å². The molecule has 0 radical (unpaired) electrons. The second kappa shape index (κ2) is 7.70. The van der Waals surface area contributed by atoms with Crippen molar-refractivity contribution >= 4 is 17.5 Å². The molecule has 0 saturated carbocycles. The van der Waals surface area contributed by atoms with Crippen LogP contribution in [0.2, 0.25) is 0 Å². The van der Waals surface area contributed by atoms with E-state index in [-0.39, 0.29) is 17.9 Å². The van der Waals surface area contributed by atoms with Crippen LogP contribution in [-0.4, -0.2) is 23.9 Å². The molecular formula is C21H25N3O2. The SMILES string of the molecule is Cc1ccc(NC(=O)[C@H](C)NC(=O)[C@H]2Cc3ccccc3CN2)c(C)c1. The van der Waals surface area contributed by atoms with Crippen molar-refractivity contribution in [3.05, 3.63) is 64.7 Å². The summed E-state index contributed by atoms with van der Waals surface area (Å²) in [7, 11) is 0. The monoisotopic (exact) mass is 351 g/mol. The van der Waals surface area contributed by atoms with Gasteiger partial charge in [-0.2, -0.15) is 0 Å². The number of amides is 2. The van der Waals surface area contributed by atoms with Crippen LogP contribution in [0.3, 0.4) is 0 Å². The maximum Gasteiger partial charge on any atom is 0.246 e. The topological polar surface area (TPSA) is 70.2 Å². The molecule has 3 N–H and O–H groups in total. The highest BCUT2D eigenvalue weighted by atomic mass is 16.2. The van der Waals surface area contributed by atoms with Crippen LogP contribution < -0.4 is 16.0 Å². The normalized spacial score (nSPS) is 17.1. The molecule has 0 bridgehead atoms. The van der Waals surface area contributed by atoms with Crippen molar-refractivity contribution in [3.63, 3.8) is 0 Å². The third-order valence-corrected chi connectivity index (χ3v) is 4.79. The lowest BCUT2D eigenvalue weighted by molar-refractivity contribution is -0.127. The maximum atomic E-state index is 12.5. The fraction of sp³-hybridized carbons (Fsp3) is 0.333. The van der Waals surface area contributed by atoms with Gasteiger partial charge in [-0.05, 0) is 49.9 Å². The second-order valence-corrected chi connectivity index (χ2v) is 6.94. The Morgan fingerprint density at radius 3 is 2.58 bits per heavy atom. The van der Waals surface area contributed by atoms with Gasteiger partial charge in [0.15, 0.2) is 0 Å². The van der Waals surface area contributed by atoms with Gasteiger partial charge < -0.3 is 16.0 Å². The van der Waals surface area contributed by atoms with E-state index in [1.165, 1.54) is 11.1 Å². The van der Waals surface area contributed by atoms with Crippen LogP contribution in [0, 0.1) is 13.8 Å². The van der Waals surface area contributed by atoms with E-state index < -0.39 is 6.04 Å². The molecule has 0 aliphatic carbocycles. The standard InChI is InChI=1S/C21H25N3O2/c1-13-8-9-18(14(2)10-13)24-20(25)15(3)23-21(26)19-11-16-6-4-5-7-17(16)12-22-19/h4-10,15,19,22H,11-12H2,1-3H3,(H,23,26)(H,24,25)/t15-,19+/m0/s1. The van der Waals surface area contributed by atoms with Crippen molar-refractivity contribution in [2.45, 2.75) is 45.8 Å². The first-order chi connectivity index (χ1) is 12.4. The van der Waals surface area contributed by atoms with E-state index in [4.69, 9.17) is 0 Å². The number of benzene rings is 2. The third-order valence-electron chi connectivity index (χ3n) is 4.79. The summed E-state index contributed by atoms with van der Waals surface area (Å²) in [6, 6.07) is 13.0. The molecule has 0 unspecified atom stereocenters. The second-order valence-electron chi connectivity index (χ2n) is 6.94. The smallest absolute Gasteiger partial charge is 0.246 e. The number of anilines is 1. The van der Waals surface area contributed by atoms with E-state index in [9.17, 15) is 9.59 Å². The van der Waals surface area contributed by atoms with Gasteiger partial charge in [0, 0.05) is 12.2 Å². The molecule has 1 aliphatic heterocycles. The van der Waals surface area contributed by atoms with Crippen molar-refractivity contribution in [3.8, 4) is 0 Å². The zero-order valence-electron chi connectivity index (χ0n) is 15.4. The van der Waals surface area contributed by atoms with Gasteiger partial charge in [0.05, 0.1) is 6.04 Å². The van der Waals surface area contributed by atoms with Gasteiger partial charge in [-0.3, -0.25) is 9.59 Å². The van der Waals surface area contributed by atoms with Crippen LogP contribution >= 0.6 is 0 Å². The fourth-order valence-corrected chi connectivity index (χ4v) is 3.21. The fourth-order valence-electron chi connectivity index (χ4n) is 3.21. The van der Waals surface area contributed by atoms with E-state index in [1.54, 1.807) is 6.92 Å². The molecule has 0 saturated heterocycles. The van der Waals surface area contributed by atoms with Gasteiger partial charge in [0.2, 0.25) is 11.8 Å². The first kappa shape index (κ1) is 18.1. The summed E-state index contributed by atoms with van der Waals surface area (Å²) < 4.78 is 0. The van der Waals surface area contributed by atoms with Crippen molar-refractivity contribution < 1.29 is 9.59 Å². The Labute approximate surface area is 154 Å². The number of hydrogen-bond acceptors (Lipinski definition) is 3. The number of aryl methyl sites for hydroxylation is 2. The predicted molar refractivity (Wildman–Crippen MR) is 103 cm³/mol. The molecule has 2 aromatic carbocycles. The van der Waals surface area contributed by atoms with Gasteiger partial charge in [0.1, 0.15) is 6.04 Å². The number of nitrogens with one attached hydrogen (secondary N) is 3. The average molecular weight is 351 g/mol. The van der Waals surface area contributed by atoms with Crippen LogP contribution in [0.15, 0.2) is 42.5 Å². The number of hydrogen-bond donors (Lipinski definition) is 3. The van der Waals surface area contributed by atoms with Crippen molar-refractivity contribution in [1.82, 2.24) is 10.6 Å². The molecule has 2 atom stereocenters. The largest absolute Gasteiger partial charge is 0.343 e. The highest BCUT2D eigenvalue weighted by molar-refractivity contribution is 5.98. The highest BCUT2D eigenvalue weighted by Gasteiger charge is 2.26. The summed E-state index contributed by atoms with van der Waals surface area (Å²) in [6.45, 7) is 6.33. The molecule has 136 valence electrons. The summed E-state index contributed by atoms with van der Waals surface area (Å²) in [5, 5.41) is 8.95. The van der Waals surface area contributed by atoms with E-state index in [0.717, 1.165) is 16.8 Å². The Morgan fingerprint density at radius 1 is 1.12 bits per heavy atom. The van der Waals surface area contributed by atoms with E-state index in [1.807, 2.05) is 50.2 Å². The molecule has 3 rings (SSSR count). The lowest BCUT2D eigenvalue weighted by Gasteiger charge is -2.26. The number of carbonyl (C=O) groups excluding carboxylic acids is 2. The lowest BCUT2D eigenvalue weighted by Crippen LogP contribution is -2.52. The Morgan fingerprint density at radius 2 is 1.85 bits per heavy atom. The third kappa shape index (κ3) is 4.11. The van der Waals surface area contributed by atoms with Crippen molar-refractivity contribution in [2.75, 3.05) is 5.32 Å². The van der Waals surface area contributed by atoms with Crippen LogP contribution in [0.5, 0.6) is 0 Å².